The minimum atomic E-state index is 0.0632. The topological polar surface area (TPSA) is 30.0 Å². The number of aromatic nitrogens is 1. The fraction of sp³-hybridized carbons (Fsp3) is 0.111. The Labute approximate surface area is 118 Å². The molecule has 0 N–H and O–H groups in total. The van der Waals surface area contributed by atoms with Crippen molar-refractivity contribution in [3.63, 3.8) is 0 Å². The van der Waals surface area contributed by atoms with Gasteiger partial charge in [-0.2, -0.15) is 0 Å². The van der Waals surface area contributed by atoms with Gasteiger partial charge in [0.2, 0.25) is 0 Å². The minimum Gasteiger partial charge on any atom is -0.289 e. The lowest BCUT2D eigenvalue weighted by atomic mass is 9.97. The van der Waals surface area contributed by atoms with Gasteiger partial charge in [0.05, 0.1) is 5.52 Å². The van der Waals surface area contributed by atoms with Crippen molar-refractivity contribution in [3.05, 3.63) is 77.0 Å². The number of fused-ring (bicyclic) bond motifs is 1. The number of rotatable bonds is 2. The summed E-state index contributed by atoms with van der Waals surface area (Å²) in [6, 6.07) is 15.4. The molecule has 3 aromatic rings. The van der Waals surface area contributed by atoms with E-state index in [0.717, 1.165) is 22.0 Å². The molecule has 3 rings (SSSR count). The van der Waals surface area contributed by atoms with Crippen LogP contribution in [0.5, 0.6) is 0 Å². The Morgan fingerprint density at radius 3 is 2.65 bits per heavy atom. The van der Waals surface area contributed by atoms with E-state index in [1.165, 1.54) is 5.56 Å². The van der Waals surface area contributed by atoms with Crippen LogP contribution in [0.2, 0.25) is 0 Å². The molecule has 0 atom stereocenters. The van der Waals surface area contributed by atoms with Crippen LogP contribution < -0.4 is 0 Å². The number of carbonyl (C=O) groups is 1. The highest BCUT2D eigenvalue weighted by Crippen LogP contribution is 2.19. The molecule has 0 saturated heterocycles. The van der Waals surface area contributed by atoms with Crippen molar-refractivity contribution < 1.29 is 4.79 Å². The van der Waals surface area contributed by atoms with Crippen molar-refractivity contribution in [2.45, 2.75) is 13.8 Å². The molecule has 0 bridgehead atoms. The summed E-state index contributed by atoms with van der Waals surface area (Å²) in [6.45, 7) is 4.01. The number of hydrogen-bond donors (Lipinski definition) is 0. The van der Waals surface area contributed by atoms with Gasteiger partial charge >= 0.3 is 0 Å². The molecule has 2 nitrogen and oxygen atoms in total. The summed E-state index contributed by atoms with van der Waals surface area (Å²) in [7, 11) is 0. The molecule has 0 aliphatic heterocycles. The lowest BCUT2D eigenvalue weighted by Crippen LogP contribution is -2.04. The van der Waals surface area contributed by atoms with E-state index < -0.39 is 0 Å². The average Bonchev–Trinajstić information content (AvgIpc) is 2.46. The molecule has 0 spiro atoms. The zero-order valence-corrected chi connectivity index (χ0v) is 11.6. The van der Waals surface area contributed by atoms with E-state index in [-0.39, 0.29) is 5.78 Å². The predicted octanol–water partition coefficient (Wildman–Crippen LogP) is 4.08. The van der Waals surface area contributed by atoms with Crippen LogP contribution in [-0.4, -0.2) is 10.8 Å². The van der Waals surface area contributed by atoms with E-state index in [1.54, 1.807) is 6.20 Å². The molecule has 2 aromatic carbocycles. The highest BCUT2D eigenvalue weighted by atomic mass is 16.1. The van der Waals surface area contributed by atoms with Crippen molar-refractivity contribution in [1.82, 2.24) is 4.98 Å². The van der Waals surface area contributed by atoms with Crippen LogP contribution in [0, 0.1) is 13.8 Å². The summed E-state index contributed by atoms with van der Waals surface area (Å²) in [5.74, 6) is 0.0632. The van der Waals surface area contributed by atoms with Gasteiger partial charge in [0, 0.05) is 22.7 Å². The van der Waals surface area contributed by atoms with E-state index in [0.29, 0.717) is 5.56 Å². The van der Waals surface area contributed by atoms with Gasteiger partial charge in [-0.1, -0.05) is 29.8 Å². The highest BCUT2D eigenvalue weighted by Gasteiger charge is 2.12. The maximum absolute atomic E-state index is 12.6. The second-order valence-electron chi connectivity index (χ2n) is 5.06. The van der Waals surface area contributed by atoms with Gasteiger partial charge in [-0.15, -0.1) is 0 Å². The smallest absolute Gasteiger partial charge is 0.193 e. The fourth-order valence-corrected chi connectivity index (χ4v) is 2.44. The number of hydrogen-bond acceptors (Lipinski definition) is 2. The van der Waals surface area contributed by atoms with Gasteiger partial charge in [0.1, 0.15) is 0 Å². The fourth-order valence-electron chi connectivity index (χ4n) is 2.44. The highest BCUT2D eigenvalue weighted by molar-refractivity contribution is 6.11. The van der Waals surface area contributed by atoms with Crippen LogP contribution >= 0.6 is 0 Å². The lowest BCUT2D eigenvalue weighted by molar-refractivity contribution is 0.103. The number of nitrogens with zero attached hydrogens (tertiary/aromatic N) is 1. The molecule has 1 aromatic heterocycles. The first-order valence-corrected chi connectivity index (χ1v) is 6.62. The monoisotopic (exact) mass is 261 g/mol. The van der Waals surface area contributed by atoms with Crippen molar-refractivity contribution in [1.29, 1.82) is 0 Å². The van der Waals surface area contributed by atoms with Crippen molar-refractivity contribution in [2.24, 2.45) is 0 Å². The lowest BCUT2D eigenvalue weighted by Gasteiger charge is -2.07. The number of carbonyl (C=O) groups excluding carboxylic acids is 1. The summed E-state index contributed by atoms with van der Waals surface area (Å²) < 4.78 is 0. The molecule has 0 aliphatic rings. The van der Waals surface area contributed by atoms with Crippen LogP contribution in [0.1, 0.15) is 27.0 Å². The van der Waals surface area contributed by atoms with Crippen molar-refractivity contribution in [2.75, 3.05) is 0 Å². The van der Waals surface area contributed by atoms with E-state index in [4.69, 9.17) is 0 Å². The van der Waals surface area contributed by atoms with Gasteiger partial charge in [0.25, 0.3) is 0 Å². The Hall–Kier alpha value is -2.48. The largest absolute Gasteiger partial charge is 0.289 e. The third-order valence-electron chi connectivity index (χ3n) is 3.49. The van der Waals surface area contributed by atoms with Gasteiger partial charge in [-0.05, 0) is 43.7 Å². The standard InChI is InChI=1S/C18H15NO/c1-12-5-7-16(13(2)10-12)18(20)15-6-8-17-14(11-15)4-3-9-19-17/h3-11H,1-2H3. The first-order valence-electron chi connectivity index (χ1n) is 6.62. The van der Waals surface area contributed by atoms with E-state index in [2.05, 4.69) is 4.98 Å². The number of pyridine rings is 1. The van der Waals surface area contributed by atoms with Crippen LogP contribution in [0.3, 0.4) is 0 Å². The number of ketones is 1. The summed E-state index contributed by atoms with van der Waals surface area (Å²) in [6.07, 6.45) is 1.76. The first kappa shape index (κ1) is 12.5. The summed E-state index contributed by atoms with van der Waals surface area (Å²) in [5, 5.41) is 0.989. The van der Waals surface area contributed by atoms with E-state index >= 15 is 0 Å². The van der Waals surface area contributed by atoms with Gasteiger partial charge in [-0.25, -0.2) is 0 Å². The molecular formula is C18H15NO. The second kappa shape index (κ2) is 4.89. The Bertz CT molecular complexity index is 805. The SMILES string of the molecule is Cc1ccc(C(=O)c2ccc3ncccc3c2)c(C)c1. The normalized spacial score (nSPS) is 10.7. The first-order chi connectivity index (χ1) is 9.65. The molecule has 98 valence electrons. The minimum absolute atomic E-state index is 0.0632. The van der Waals surface area contributed by atoms with Gasteiger partial charge < -0.3 is 0 Å². The molecular weight excluding hydrogens is 246 g/mol. The van der Waals surface area contributed by atoms with Crippen LogP contribution in [0.4, 0.5) is 0 Å². The predicted molar refractivity (Wildman–Crippen MR) is 81.1 cm³/mol. The van der Waals surface area contributed by atoms with Crippen LogP contribution in [0.25, 0.3) is 10.9 Å². The van der Waals surface area contributed by atoms with Crippen molar-refractivity contribution in [3.8, 4) is 0 Å². The van der Waals surface area contributed by atoms with Crippen LogP contribution in [0.15, 0.2) is 54.7 Å². The molecule has 1 heterocycles. The average molecular weight is 261 g/mol. The Balaban J connectivity index is 2.08. The summed E-state index contributed by atoms with van der Waals surface area (Å²) >= 11 is 0. The molecule has 0 radical (unpaired) electrons. The van der Waals surface area contributed by atoms with Crippen molar-refractivity contribution >= 4 is 16.7 Å². The van der Waals surface area contributed by atoms with Gasteiger partial charge in [-0.3, -0.25) is 9.78 Å². The summed E-state index contributed by atoms with van der Waals surface area (Å²) in [4.78, 5) is 16.9. The quantitative estimate of drug-likeness (QED) is 0.650. The molecule has 2 heteroatoms. The Morgan fingerprint density at radius 2 is 1.85 bits per heavy atom. The van der Waals surface area contributed by atoms with E-state index in [1.807, 2.05) is 62.4 Å². The molecule has 0 saturated carbocycles. The zero-order valence-electron chi connectivity index (χ0n) is 11.6. The Morgan fingerprint density at radius 1 is 1.00 bits per heavy atom. The third-order valence-corrected chi connectivity index (χ3v) is 3.49. The number of aryl methyl sites for hydroxylation is 2. The third kappa shape index (κ3) is 2.21. The summed E-state index contributed by atoms with van der Waals surface area (Å²) in [5.41, 5.74) is 4.56. The van der Waals surface area contributed by atoms with E-state index in [9.17, 15) is 4.79 Å². The Kier molecular flexibility index (Phi) is 3.07. The molecule has 0 fully saturated rings. The maximum Gasteiger partial charge on any atom is 0.193 e. The molecule has 0 unspecified atom stereocenters. The molecule has 0 amide bonds. The second-order valence-corrected chi connectivity index (χ2v) is 5.06. The zero-order chi connectivity index (χ0) is 14.1. The maximum atomic E-state index is 12.6. The van der Waals surface area contributed by atoms with Crippen LogP contribution in [-0.2, 0) is 0 Å². The molecule has 0 aliphatic carbocycles. The number of benzene rings is 2. The van der Waals surface area contributed by atoms with Gasteiger partial charge in [0.15, 0.2) is 5.78 Å². The molecule has 20 heavy (non-hydrogen) atoms.